The Bertz CT molecular complexity index is 1290. The SMILES string of the molecule is COc1ccccc1-c1nnc(SCC(=O)c2cc(C)n(Cc3ccc(F)cc3)c2C)n1C. The number of hydrogen-bond donors (Lipinski definition) is 0. The molecule has 0 bridgehead atoms. The maximum Gasteiger partial charge on any atom is 0.191 e. The van der Waals surface area contributed by atoms with Crippen LogP contribution in [-0.2, 0) is 13.6 Å². The van der Waals surface area contributed by atoms with Crippen molar-refractivity contribution in [3.05, 3.63) is 82.9 Å². The number of aromatic nitrogens is 4. The molecule has 8 heteroatoms. The Morgan fingerprint density at radius 3 is 2.55 bits per heavy atom. The van der Waals surface area contributed by atoms with E-state index < -0.39 is 0 Å². The van der Waals surface area contributed by atoms with Crippen molar-refractivity contribution >= 4 is 17.5 Å². The number of nitrogens with zero attached hydrogens (tertiary/aromatic N) is 4. The Hall–Kier alpha value is -3.39. The van der Waals surface area contributed by atoms with Gasteiger partial charge in [0.25, 0.3) is 0 Å². The molecule has 33 heavy (non-hydrogen) atoms. The number of halogens is 1. The largest absolute Gasteiger partial charge is 0.496 e. The van der Waals surface area contributed by atoms with Crippen molar-refractivity contribution in [1.29, 1.82) is 0 Å². The molecule has 6 nitrogen and oxygen atoms in total. The minimum absolute atomic E-state index is 0.0281. The second-order valence-electron chi connectivity index (χ2n) is 7.77. The standard InChI is InChI=1S/C25H25FN4O2S/c1-16-13-21(17(2)30(16)14-18-9-11-19(26)12-10-18)22(31)15-33-25-28-27-24(29(25)3)20-7-5-6-8-23(20)32-4/h5-13H,14-15H2,1-4H3. The average molecular weight is 465 g/mol. The molecular formula is C25H25FN4O2S. The highest BCUT2D eigenvalue weighted by molar-refractivity contribution is 7.99. The smallest absolute Gasteiger partial charge is 0.191 e. The zero-order valence-corrected chi connectivity index (χ0v) is 19.8. The van der Waals surface area contributed by atoms with Crippen molar-refractivity contribution in [3.8, 4) is 17.1 Å². The number of rotatable bonds is 8. The second-order valence-corrected chi connectivity index (χ2v) is 8.72. The lowest BCUT2D eigenvalue weighted by atomic mass is 10.2. The number of Topliss-reactive ketones (excluding diaryl/α,β-unsaturated/α-hetero) is 1. The van der Waals surface area contributed by atoms with Crippen molar-refractivity contribution in [1.82, 2.24) is 19.3 Å². The number of methoxy groups -OCH3 is 1. The van der Waals surface area contributed by atoms with Crippen LogP contribution in [0.1, 0.15) is 27.3 Å². The van der Waals surface area contributed by atoms with Crippen molar-refractivity contribution in [2.75, 3.05) is 12.9 Å². The summed E-state index contributed by atoms with van der Waals surface area (Å²) in [4.78, 5) is 13.0. The summed E-state index contributed by atoms with van der Waals surface area (Å²) in [6, 6.07) is 16.0. The van der Waals surface area contributed by atoms with Gasteiger partial charge in [-0.1, -0.05) is 36.0 Å². The third kappa shape index (κ3) is 4.71. The zero-order chi connectivity index (χ0) is 23.5. The lowest BCUT2D eigenvalue weighted by Gasteiger charge is -2.10. The van der Waals surface area contributed by atoms with Crippen LogP contribution in [0, 0.1) is 19.7 Å². The van der Waals surface area contributed by atoms with Gasteiger partial charge in [-0.05, 0) is 49.7 Å². The molecule has 0 spiro atoms. The van der Waals surface area contributed by atoms with Crippen LogP contribution in [0.3, 0.4) is 0 Å². The molecule has 2 aromatic carbocycles. The molecule has 0 aliphatic heterocycles. The van der Waals surface area contributed by atoms with E-state index in [2.05, 4.69) is 14.8 Å². The molecule has 0 aliphatic rings. The number of para-hydroxylation sites is 1. The zero-order valence-electron chi connectivity index (χ0n) is 19.0. The van der Waals surface area contributed by atoms with Crippen LogP contribution < -0.4 is 4.74 Å². The summed E-state index contributed by atoms with van der Waals surface area (Å²) in [5.74, 6) is 1.42. The molecule has 0 saturated heterocycles. The quantitative estimate of drug-likeness (QED) is 0.269. The van der Waals surface area contributed by atoms with Crippen LogP contribution >= 0.6 is 11.8 Å². The molecule has 0 unspecified atom stereocenters. The molecule has 0 atom stereocenters. The van der Waals surface area contributed by atoms with Gasteiger partial charge in [-0.25, -0.2) is 4.39 Å². The van der Waals surface area contributed by atoms with Gasteiger partial charge in [0.2, 0.25) is 0 Å². The second kappa shape index (κ2) is 9.62. The first-order chi connectivity index (χ1) is 15.9. The minimum atomic E-state index is -0.259. The van der Waals surface area contributed by atoms with Crippen LogP contribution in [0.25, 0.3) is 11.4 Å². The van der Waals surface area contributed by atoms with Gasteiger partial charge in [0.15, 0.2) is 16.8 Å². The molecular weight excluding hydrogens is 439 g/mol. The van der Waals surface area contributed by atoms with E-state index in [0.717, 1.165) is 22.5 Å². The molecule has 0 saturated carbocycles. The lowest BCUT2D eigenvalue weighted by Crippen LogP contribution is -2.08. The van der Waals surface area contributed by atoms with Gasteiger partial charge in [0, 0.05) is 30.5 Å². The van der Waals surface area contributed by atoms with Crippen molar-refractivity contribution < 1.29 is 13.9 Å². The van der Waals surface area contributed by atoms with E-state index >= 15 is 0 Å². The Balaban J connectivity index is 1.49. The van der Waals surface area contributed by atoms with Crippen LogP contribution in [-0.4, -0.2) is 38.0 Å². The molecule has 0 amide bonds. The summed E-state index contributed by atoms with van der Waals surface area (Å²) in [6.07, 6.45) is 0. The third-order valence-electron chi connectivity index (χ3n) is 5.64. The summed E-state index contributed by atoms with van der Waals surface area (Å²) in [7, 11) is 3.50. The third-order valence-corrected chi connectivity index (χ3v) is 6.66. The molecule has 170 valence electrons. The Morgan fingerprint density at radius 2 is 1.82 bits per heavy atom. The van der Waals surface area contributed by atoms with Gasteiger partial charge in [-0.3, -0.25) is 4.79 Å². The maximum atomic E-state index is 13.2. The first kappa shape index (κ1) is 22.8. The summed E-state index contributed by atoms with van der Waals surface area (Å²) >= 11 is 1.36. The van der Waals surface area contributed by atoms with E-state index in [0.29, 0.717) is 28.8 Å². The van der Waals surface area contributed by atoms with E-state index in [1.807, 2.05) is 55.8 Å². The van der Waals surface area contributed by atoms with Crippen LogP contribution in [0.2, 0.25) is 0 Å². The van der Waals surface area contributed by atoms with E-state index in [1.54, 1.807) is 19.2 Å². The van der Waals surface area contributed by atoms with Gasteiger partial charge in [0.05, 0.1) is 18.4 Å². The number of ether oxygens (including phenoxy) is 1. The first-order valence-corrected chi connectivity index (χ1v) is 11.5. The molecule has 0 radical (unpaired) electrons. The Kier molecular flexibility index (Phi) is 6.65. The highest BCUT2D eigenvalue weighted by atomic mass is 32.2. The average Bonchev–Trinajstić information content (AvgIpc) is 3.32. The number of hydrogen-bond acceptors (Lipinski definition) is 5. The summed E-state index contributed by atoms with van der Waals surface area (Å²) in [5.41, 5.74) is 4.40. The summed E-state index contributed by atoms with van der Waals surface area (Å²) in [6.45, 7) is 4.50. The number of benzene rings is 2. The van der Waals surface area contributed by atoms with E-state index in [1.165, 1.54) is 23.9 Å². The minimum Gasteiger partial charge on any atom is -0.496 e. The summed E-state index contributed by atoms with van der Waals surface area (Å²) in [5, 5.41) is 9.23. The monoisotopic (exact) mass is 464 g/mol. The molecule has 0 N–H and O–H groups in total. The number of carbonyl (C=O) groups excluding carboxylic acids is 1. The van der Waals surface area contributed by atoms with E-state index in [-0.39, 0.29) is 17.4 Å². The van der Waals surface area contributed by atoms with Gasteiger partial charge >= 0.3 is 0 Å². The van der Waals surface area contributed by atoms with Crippen LogP contribution in [0.5, 0.6) is 5.75 Å². The first-order valence-electron chi connectivity index (χ1n) is 10.5. The maximum absolute atomic E-state index is 13.2. The predicted octanol–water partition coefficient (Wildman–Crippen LogP) is 5.07. The fourth-order valence-corrected chi connectivity index (χ4v) is 4.61. The van der Waals surface area contributed by atoms with Crippen molar-refractivity contribution in [3.63, 3.8) is 0 Å². The van der Waals surface area contributed by atoms with Gasteiger partial charge in [0.1, 0.15) is 11.6 Å². The molecule has 2 heterocycles. The fraction of sp³-hybridized carbons (Fsp3) is 0.240. The van der Waals surface area contributed by atoms with Crippen molar-refractivity contribution in [2.45, 2.75) is 25.5 Å². The topological polar surface area (TPSA) is 61.9 Å². The molecule has 4 rings (SSSR count). The van der Waals surface area contributed by atoms with Gasteiger partial charge in [-0.15, -0.1) is 10.2 Å². The molecule has 2 aromatic heterocycles. The van der Waals surface area contributed by atoms with Crippen molar-refractivity contribution in [2.24, 2.45) is 7.05 Å². The van der Waals surface area contributed by atoms with Crippen LogP contribution in [0.15, 0.2) is 59.8 Å². The Morgan fingerprint density at radius 1 is 1.09 bits per heavy atom. The van der Waals surface area contributed by atoms with E-state index in [9.17, 15) is 9.18 Å². The molecule has 0 fully saturated rings. The number of thioether (sulfide) groups is 1. The van der Waals surface area contributed by atoms with E-state index in [4.69, 9.17) is 4.74 Å². The fourth-order valence-electron chi connectivity index (χ4n) is 3.81. The highest BCUT2D eigenvalue weighted by Crippen LogP contribution is 2.30. The predicted molar refractivity (Wildman–Crippen MR) is 127 cm³/mol. The van der Waals surface area contributed by atoms with Gasteiger partial charge < -0.3 is 13.9 Å². The van der Waals surface area contributed by atoms with Crippen LogP contribution in [0.4, 0.5) is 4.39 Å². The molecule has 4 aromatic rings. The lowest BCUT2D eigenvalue weighted by molar-refractivity contribution is 0.102. The highest BCUT2D eigenvalue weighted by Gasteiger charge is 2.19. The Labute approximate surface area is 196 Å². The number of aryl methyl sites for hydroxylation is 1. The summed E-state index contributed by atoms with van der Waals surface area (Å²) < 4.78 is 22.6. The van der Waals surface area contributed by atoms with Gasteiger partial charge in [-0.2, -0.15) is 0 Å². The number of carbonyl (C=O) groups is 1. The number of ketones is 1. The normalized spacial score (nSPS) is 11.1. The molecule has 0 aliphatic carbocycles.